The number of carbonyl (C=O) groups is 1. The fourth-order valence-corrected chi connectivity index (χ4v) is 7.34. The zero-order valence-electron chi connectivity index (χ0n) is 24.5. The molecule has 222 valence electrons. The Morgan fingerprint density at radius 2 is 2.05 bits per heavy atom. The number of piperazine rings is 1. The summed E-state index contributed by atoms with van der Waals surface area (Å²) in [5.41, 5.74) is 5.33. The van der Waals surface area contributed by atoms with Crippen LogP contribution in [0, 0.1) is 5.82 Å². The molecule has 0 aliphatic carbocycles. The molecule has 3 aromatic heterocycles. The minimum absolute atomic E-state index is 0.00745. The lowest BCUT2D eigenvalue weighted by molar-refractivity contribution is -0.130. The predicted molar refractivity (Wildman–Crippen MR) is 175 cm³/mol. The monoisotopic (exact) mass is 606 g/mol. The van der Waals surface area contributed by atoms with Gasteiger partial charge in [-0.05, 0) is 48.7 Å². The van der Waals surface area contributed by atoms with Crippen molar-refractivity contribution in [3.63, 3.8) is 0 Å². The molecule has 0 radical (unpaired) electrons. The van der Waals surface area contributed by atoms with Crippen LogP contribution in [0.25, 0.3) is 37.8 Å². The number of fused-ring (bicyclic) bond motifs is 3. The third-order valence-corrected chi connectivity index (χ3v) is 9.25. The Kier molecular flexibility index (Phi) is 7.01. The summed E-state index contributed by atoms with van der Waals surface area (Å²) in [6.07, 6.45) is 11.0. The maximum absolute atomic E-state index is 16.0. The second-order valence-electron chi connectivity index (χ2n) is 11.3. The molecule has 4 aromatic rings. The van der Waals surface area contributed by atoms with Crippen LogP contribution in [0.2, 0.25) is 0 Å². The number of pyridine rings is 1. The lowest BCUT2D eigenvalue weighted by Gasteiger charge is -2.40. The topological polar surface area (TPSA) is 77.5 Å². The molecule has 0 spiro atoms. The van der Waals surface area contributed by atoms with E-state index in [0.29, 0.717) is 48.5 Å². The van der Waals surface area contributed by atoms with Crippen LogP contribution in [0.5, 0.6) is 0 Å². The van der Waals surface area contributed by atoms with Crippen molar-refractivity contribution in [1.29, 1.82) is 0 Å². The molecule has 1 aromatic carbocycles. The highest BCUT2D eigenvalue weighted by atomic mass is 32.1. The zero-order chi connectivity index (χ0) is 30.5. The van der Waals surface area contributed by atoms with Gasteiger partial charge in [0.1, 0.15) is 11.4 Å². The number of nitrogens with zero attached hydrogens (tertiary/aromatic N) is 6. The van der Waals surface area contributed by atoms with Gasteiger partial charge in [-0.2, -0.15) is 5.10 Å². The van der Waals surface area contributed by atoms with E-state index >= 15 is 4.39 Å². The molecule has 8 nitrogen and oxygen atoms in total. The maximum atomic E-state index is 16.0. The van der Waals surface area contributed by atoms with Crippen molar-refractivity contribution in [2.75, 3.05) is 26.7 Å². The molecule has 1 amide bonds. The van der Waals surface area contributed by atoms with Gasteiger partial charge in [-0.25, -0.2) is 14.4 Å². The molecule has 2 unspecified atom stereocenters. The number of hydrazone groups is 1. The summed E-state index contributed by atoms with van der Waals surface area (Å²) in [6, 6.07) is 7.02. The summed E-state index contributed by atoms with van der Waals surface area (Å²) in [7, 11) is 1.98. The standard InChI is InChI=1S/C34H31FN6O2S/c1-5-7-22(14-23-17-39(4)19-36-23)31-25-11-13-44-34(25)30(29-26(35)9-8-21-10-12-43-33(21)29)32(37-31)27-15-24-18-40(28(42)6-2)16-20(3)41(24)38-27/h5-14,19-20,24H,1-2,15-18H2,3-4H3/b22-7+,23-14+. The predicted octanol–water partition coefficient (Wildman–Crippen LogP) is 6.47. The maximum Gasteiger partial charge on any atom is 0.246 e. The van der Waals surface area contributed by atoms with Crippen LogP contribution >= 0.6 is 11.3 Å². The van der Waals surface area contributed by atoms with E-state index in [1.807, 2.05) is 46.5 Å². The molecule has 3 aliphatic heterocycles. The van der Waals surface area contributed by atoms with E-state index in [4.69, 9.17) is 14.5 Å². The van der Waals surface area contributed by atoms with Gasteiger partial charge in [0.05, 0.1) is 59.6 Å². The van der Waals surface area contributed by atoms with Crippen LogP contribution in [0.15, 0.2) is 93.6 Å². The van der Waals surface area contributed by atoms with Crippen LogP contribution in [0.1, 0.15) is 24.7 Å². The van der Waals surface area contributed by atoms with E-state index in [-0.39, 0.29) is 18.0 Å². The number of thiophene rings is 1. The van der Waals surface area contributed by atoms with Gasteiger partial charge >= 0.3 is 0 Å². The average molecular weight is 607 g/mol. The first-order valence-electron chi connectivity index (χ1n) is 14.5. The van der Waals surface area contributed by atoms with Crippen molar-refractivity contribution in [2.24, 2.45) is 10.1 Å². The summed E-state index contributed by atoms with van der Waals surface area (Å²) >= 11 is 1.54. The van der Waals surface area contributed by atoms with Gasteiger partial charge in [-0.1, -0.05) is 25.3 Å². The third kappa shape index (κ3) is 4.66. The Bertz CT molecular complexity index is 1970. The molecule has 0 saturated carbocycles. The highest BCUT2D eigenvalue weighted by Gasteiger charge is 2.39. The first-order chi connectivity index (χ1) is 21.4. The van der Waals surface area contributed by atoms with E-state index in [2.05, 4.69) is 30.1 Å². The van der Waals surface area contributed by atoms with Crippen molar-refractivity contribution >= 4 is 55.9 Å². The third-order valence-electron chi connectivity index (χ3n) is 8.32. The minimum atomic E-state index is -0.391. The smallest absolute Gasteiger partial charge is 0.246 e. The van der Waals surface area contributed by atoms with Crippen molar-refractivity contribution in [2.45, 2.75) is 25.4 Å². The second kappa shape index (κ2) is 11.0. The molecule has 7 rings (SSSR count). The van der Waals surface area contributed by atoms with Crippen LogP contribution in [-0.4, -0.2) is 76.5 Å². The summed E-state index contributed by atoms with van der Waals surface area (Å²) in [4.78, 5) is 26.2. The van der Waals surface area contributed by atoms with E-state index in [1.165, 1.54) is 23.5 Å². The van der Waals surface area contributed by atoms with Gasteiger partial charge in [0.15, 0.2) is 0 Å². The number of hydrogen-bond acceptors (Lipinski definition) is 8. The molecule has 1 saturated heterocycles. The Morgan fingerprint density at radius 1 is 1.18 bits per heavy atom. The number of furan rings is 1. The number of aromatic nitrogens is 1. The first-order valence-corrected chi connectivity index (χ1v) is 15.4. The molecule has 2 atom stereocenters. The van der Waals surface area contributed by atoms with Crippen molar-refractivity contribution < 1.29 is 13.6 Å². The van der Waals surface area contributed by atoms with E-state index < -0.39 is 5.82 Å². The lowest BCUT2D eigenvalue weighted by Crippen LogP contribution is -2.55. The number of aliphatic imine (C=N–C) groups is 1. The van der Waals surface area contributed by atoms with Crippen LogP contribution in [0.3, 0.4) is 0 Å². The molecule has 0 N–H and O–H groups in total. The number of halogens is 1. The normalized spacial score (nSPS) is 21.1. The summed E-state index contributed by atoms with van der Waals surface area (Å²) in [6.45, 7) is 11.4. The summed E-state index contributed by atoms with van der Waals surface area (Å²) in [5, 5.41) is 10.9. The van der Waals surface area contributed by atoms with E-state index in [0.717, 1.165) is 38.1 Å². The molecule has 1 fully saturated rings. The highest BCUT2D eigenvalue weighted by molar-refractivity contribution is 7.17. The number of likely N-dealkylation sites (N-methyl/N-ethyl adjacent to an activating group) is 1. The van der Waals surface area contributed by atoms with E-state index in [9.17, 15) is 4.79 Å². The highest BCUT2D eigenvalue weighted by Crippen LogP contribution is 2.44. The lowest BCUT2D eigenvalue weighted by atomic mass is 9.93. The number of rotatable bonds is 6. The number of carbonyl (C=O) groups excluding carboxylic acids is 1. The van der Waals surface area contributed by atoms with Crippen molar-refractivity contribution in [3.05, 3.63) is 96.3 Å². The Labute approximate surface area is 258 Å². The quantitative estimate of drug-likeness (QED) is 0.186. The zero-order valence-corrected chi connectivity index (χ0v) is 25.4. The fourth-order valence-electron chi connectivity index (χ4n) is 6.39. The Balaban J connectivity index is 1.46. The van der Waals surface area contributed by atoms with Gasteiger partial charge in [0.2, 0.25) is 5.91 Å². The molecule has 10 heteroatoms. The van der Waals surface area contributed by atoms with Gasteiger partial charge in [0, 0.05) is 53.2 Å². The molecular weight excluding hydrogens is 575 g/mol. The number of allylic oxidation sites excluding steroid dienone is 4. The molecule has 6 heterocycles. The fraction of sp³-hybridized carbons (Fsp3) is 0.235. The second-order valence-corrected chi connectivity index (χ2v) is 12.3. The van der Waals surface area contributed by atoms with Crippen molar-refractivity contribution in [1.82, 2.24) is 19.8 Å². The van der Waals surface area contributed by atoms with Crippen molar-refractivity contribution in [3.8, 4) is 11.1 Å². The van der Waals surface area contributed by atoms with E-state index in [1.54, 1.807) is 24.7 Å². The minimum Gasteiger partial charge on any atom is -0.464 e. The first kappa shape index (κ1) is 28.0. The summed E-state index contributed by atoms with van der Waals surface area (Å²) < 4.78 is 22.7. The summed E-state index contributed by atoms with van der Waals surface area (Å²) in [5.74, 6) is -0.484. The number of hydrogen-bond donors (Lipinski definition) is 0. The average Bonchev–Trinajstić information content (AvgIpc) is 3.83. The molecular formula is C34H31FN6O2S. The van der Waals surface area contributed by atoms with Gasteiger partial charge in [0.25, 0.3) is 0 Å². The van der Waals surface area contributed by atoms with Crippen LogP contribution in [-0.2, 0) is 4.79 Å². The van der Waals surface area contributed by atoms with Crippen LogP contribution < -0.4 is 0 Å². The van der Waals surface area contributed by atoms with Crippen LogP contribution in [0.4, 0.5) is 4.39 Å². The van der Waals surface area contributed by atoms with Gasteiger partial charge in [-0.3, -0.25) is 9.80 Å². The number of benzene rings is 1. The number of amides is 1. The van der Waals surface area contributed by atoms with Gasteiger partial charge in [-0.15, -0.1) is 11.3 Å². The van der Waals surface area contributed by atoms with Gasteiger partial charge < -0.3 is 14.2 Å². The SMILES string of the molecule is C=C/C=C(\C=C1/CN(C)C=N1)c1nc(C2=NN3C(C)CN(C(=O)C=C)CC3C2)c(-c2c(F)ccc3ccoc23)c2sccc12. The largest absolute Gasteiger partial charge is 0.464 e. The molecule has 44 heavy (non-hydrogen) atoms. The molecule has 3 aliphatic rings. The Morgan fingerprint density at radius 3 is 2.82 bits per heavy atom. The molecule has 0 bridgehead atoms. The Hall–Kier alpha value is -4.83.